The van der Waals surface area contributed by atoms with Gasteiger partial charge in [0.2, 0.25) is 0 Å². The zero-order chi connectivity index (χ0) is 13.0. The molecule has 1 saturated heterocycles. The molecule has 18 heavy (non-hydrogen) atoms. The average molecular weight is 250 g/mol. The largest absolute Gasteiger partial charge is 0.444 e. The van der Waals surface area contributed by atoms with Crippen molar-refractivity contribution in [2.24, 2.45) is 0 Å². The van der Waals surface area contributed by atoms with Gasteiger partial charge < -0.3 is 14.4 Å². The second kappa shape index (κ2) is 5.82. The van der Waals surface area contributed by atoms with E-state index in [4.69, 9.17) is 9.47 Å². The molecule has 0 aliphatic carbocycles. The van der Waals surface area contributed by atoms with Gasteiger partial charge in [-0.2, -0.15) is 0 Å². The lowest BCUT2D eigenvalue weighted by Gasteiger charge is -2.34. The third kappa shape index (κ3) is 3.43. The molecule has 1 aromatic heterocycles. The zero-order valence-corrected chi connectivity index (χ0v) is 10.7. The smallest absolute Gasteiger partial charge is 0.410 e. The predicted octanol–water partition coefficient (Wildman–Crippen LogP) is 1.83. The van der Waals surface area contributed by atoms with Gasteiger partial charge in [0.05, 0.1) is 25.3 Å². The number of pyridine rings is 1. The summed E-state index contributed by atoms with van der Waals surface area (Å²) in [7, 11) is 0. The van der Waals surface area contributed by atoms with Crippen LogP contribution in [-0.2, 0) is 16.1 Å². The highest BCUT2D eigenvalue weighted by Gasteiger charge is 2.26. The Balaban J connectivity index is 1.84. The number of aromatic nitrogens is 1. The fraction of sp³-hybridized carbons (Fsp3) is 0.538. The van der Waals surface area contributed by atoms with E-state index in [1.165, 1.54) is 0 Å². The Bertz CT molecular complexity index is 386. The summed E-state index contributed by atoms with van der Waals surface area (Å²) < 4.78 is 10.8. The van der Waals surface area contributed by atoms with Gasteiger partial charge in [-0.25, -0.2) is 4.79 Å². The Kier molecular flexibility index (Phi) is 4.15. The molecule has 0 unspecified atom stereocenters. The number of hydrogen-bond donors (Lipinski definition) is 0. The number of amides is 1. The molecule has 98 valence electrons. The van der Waals surface area contributed by atoms with Crippen molar-refractivity contribution in [1.29, 1.82) is 0 Å². The first kappa shape index (κ1) is 12.8. The van der Waals surface area contributed by atoms with Gasteiger partial charge in [0, 0.05) is 18.0 Å². The summed E-state index contributed by atoms with van der Waals surface area (Å²) in [6.07, 6.45) is 3.20. The lowest BCUT2D eigenvalue weighted by atomic mass is 10.2. The SMILES string of the molecule is C[C@@H]1CN(C(=O)OCc2cccnc2)C[C@H](C)O1. The normalized spacial score (nSPS) is 23.8. The van der Waals surface area contributed by atoms with Crippen LogP contribution in [0.1, 0.15) is 19.4 Å². The van der Waals surface area contributed by atoms with E-state index in [9.17, 15) is 4.79 Å². The first-order valence-corrected chi connectivity index (χ1v) is 6.11. The standard InChI is InChI=1S/C13H18N2O3/c1-10-7-15(8-11(2)18-10)13(16)17-9-12-4-3-5-14-6-12/h3-6,10-11H,7-9H2,1-2H3/t10-,11+. The minimum absolute atomic E-state index is 0.0553. The molecule has 0 saturated carbocycles. The van der Waals surface area contributed by atoms with E-state index in [1.807, 2.05) is 26.0 Å². The van der Waals surface area contributed by atoms with Crippen molar-refractivity contribution in [3.8, 4) is 0 Å². The highest BCUT2D eigenvalue weighted by atomic mass is 16.6. The molecule has 0 spiro atoms. The van der Waals surface area contributed by atoms with E-state index < -0.39 is 0 Å². The van der Waals surface area contributed by atoms with Crippen LogP contribution in [0.25, 0.3) is 0 Å². The van der Waals surface area contributed by atoms with E-state index in [2.05, 4.69) is 4.98 Å². The van der Waals surface area contributed by atoms with Crippen LogP contribution in [0.3, 0.4) is 0 Å². The lowest BCUT2D eigenvalue weighted by Crippen LogP contribution is -2.48. The average Bonchev–Trinajstić information content (AvgIpc) is 2.36. The van der Waals surface area contributed by atoms with Gasteiger partial charge in [0.15, 0.2) is 0 Å². The Morgan fingerprint density at radius 3 is 2.83 bits per heavy atom. The van der Waals surface area contributed by atoms with Gasteiger partial charge in [-0.1, -0.05) is 6.07 Å². The first-order chi connectivity index (χ1) is 8.65. The summed E-state index contributed by atoms with van der Waals surface area (Å²) in [5, 5.41) is 0. The number of rotatable bonds is 2. The summed E-state index contributed by atoms with van der Waals surface area (Å²) in [6, 6.07) is 3.70. The van der Waals surface area contributed by atoms with Crippen molar-refractivity contribution in [3.63, 3.8) is 0 Å². The maximum absolute atomic E-state index is 11.9. The van der Waals surface area contributed by atoms with E-state index >= 15 is 0 Å². The highest BCUT2D eigenvalue weighted by molar-refractivity contribution is 5.67. The monoisotopic (exact) mass is 250 g/mol. The van der Waals surface area contributed by atoms with Gasteiger partial charge in [-0.15, -0.1) is 0 Å². The van der Waals surface area contributed by atoms with Crippen molar-refractivity contribution < 1.29 is 14.3 Å². The second-order valence-corrected chi connectivity index (χ2v) is 4.58. The number of morpholine rings is 1. The summed E-state index contributed by atoms with van der Waals surface area (Å²) >= 11 is 0. The van der Waals surface area contributed by atoms with Gasteiger partial charge >= 0.3 is 6.09 Å². The molecule has 5 heteroatoms. The van der Waals surface area contributed by atoms with Gasteiger partial charge in [-0.3, -0.25) is 4.98 Å². The molecule has 2 rings (SSSR count). The maximum Gasteiger partial charge on any atom is 0.410 e. The van der Waals surface area contributed by atoms with Gasteiger partial charge in [-0.05, 0) is 19.9 Å². The Hall–Kier alpha value is -1.62. The molecule has 0 N–H and O–H groups in total. The van der Waals surface area contributed by atoms with Crippen molar-refractivity contribution >= 4 is 6.09 Å². The lowest BCUT2D eigenvalue weighted by molar-refractivity contribution is -0.0644. The topological polar surface area (TPSA) is 51.7 Å². The number of nitrogens with zero attached hydrogens (tertiary/aromatic N) is 2. The molecule has 2 heterocycles. The van der Waals surface area contributed by atoms with Crippen LogP contribution in [0, 0.1) is 0 Å². The van der Waals surface area contributed by atoms with Gasteiger partial charge in [0.1, 0.15) is 6.61 Å². The van der Waals surface area contributed by atoms with E-state index in [0.29, 0.717) is 13.1 Å². The van der Waals surface area contributed by atoms with Crippen LogP contribution in [0.5, 0.6) is 0 Å². The molecule has 1 aromatic rings. The van der Waals surface area contributed by atoms with E-state index in [1.54, 1.807) is 17.3 Å². The van der Waals surface area contributed by atoms with Crippen LogP contribution in [0.2, 0.25) is 0 Å². The molecule has 0 bridgehead atoms. The minimum Gasteiger partial charge on any atom is -0.444 e. The van der Waals surface area contributed by atoms with Crippen molar-refractivity contribution in [1.82, 2.24) is 9.88 Å². The Labute approximate surface area is 107 Å². The number of carbonyl (C=O) groups excluding carboxylic acids is 1. The molecule has 2 atom stereocenters. The number of hydrogen-bond acceptors (Lipinski definition) is 4. The molecule has 0 aromatic carbocycles. The molecule has 1 aliphatic rings. The van der Waals surface area contributed by atoms with Crippen molar-refractivity contribution in [3.05, 3.63) is 30.1 Å². The van der Waals surface area contributed by atoms with Crippen LogP contribution < -0.4 is 0 Å². The molecule has 1 aliphatic heterocycles. The summed E-state index contributed by atoms with van der Waals surface area (Å²) in [5.41, 5.74) is 0.889. The summed E-state index contributed by atoms with van der Waals surface area (Å²) in [5.74, 6) is 0. The Morgan fingerprint density at radius 1 is 1.50 bits per heavy atom. The summed E-state index contributed by atoms with van der Waals surface area (Å²) in [4.78, 5) is 17.6. The molecule has 1 fully saturated rings. The molecule has 0 radical (unpaired) electrons. The third-order valence-electron chi connectivity index (χ3n) is 2.76. The molecular formula is C13H18N2O3. The maximum atomic E-state index is 11.9. The van der Waals surface area contributed by atoms with E-state index in [0.717, 1.165) is 5.56 Å². The minimum atomic E-state index is -0.291. The van der Waals surface area contributed by atoms with Crippen LogP contribution >= 0.6 is 0 Å². The number of ether oxygens (including phenoxy) is 2. The molecule has 1 amide bonds. The van der Waals surface area contributed by atoms with Crippen LogP contribution in [0.15, 0.2) is 24.5 Å². The number of carbonyl (C=O) groups is 1. The predicted molar refractivity (Wildman–Crippen MR) is 66.0 cm³/mol. The first-order valence-electron chi connectivity index (χ1n) is 6.11. The van der Waals surface area contributed by atoms with E-state index in [-0.39, 0.29) is 24.9 Å². The van der Waals surface area contributed by atoms with Crippen molar-refractivity contribution in [2.45, 2.75) is 32.7 Å². The van der Waals surface area contributed by atoms with Gasteiger partial charge in [0.25, 0.3) is 0 Å². The second-order valence-electron chi connectivity index (χ2n) is 4.58. The fourth-order valence-electron chi connectivity index (χ4n) is 2.05. The van der Waals surface area contributed by atoms with Crippen LogP contribution in [-0.4, -0.2) is 41.3 Å². The molecule has 5 nitrogen and oxygen atoms in total. The highest BCUT2D eigenvalue weighted by Crippen LogP contribution is 2.12. The summed E-state index contributed by atoms with van der Waals surface area (Å²) in [6.45, 7) is 5.33. The fourth-order valence-corrected chi connectivity index (χ4v) is 2.05. The van der Waals surface area contributed by atoms with Crippen molar-refractivity contribution in [2.75, 3.05) is 13.1 Å². The third-order valence-corrected chi connectivity index (χ3v) is 2.76. The zero-order valence-electron chi connectivity index (χ0n) is 10.7. The van der Waals surface area contributed by atoms with Crippen LogP contribution in [0.4, 0.5) is 4.79 Å². The molecular weight excluding hydrogens is 232 g/mol. The quantitative estimate of drug-likeness (QED) is 0.803. The Morgan fingerprint density at radius 2 is 2.22 bits per heavy atom.